The Morgan fingerprint density at radius 1 is 0.971 bits per heavy atom. The quantitative estimate of drug-likeness (QED) is 0.376. The van der Waals surface area contributed by atoms with Gasteiger partial charge in [0.1, 0.15) is 17.1 Å². The van der Waals surface area contributed by atoms with Crippen molar-refractivity contribution in [3.63, 3.8) is 0 Å². The Hall–Kier alpha value is -4.06. The van der Waals surface area contributed by atoms with Gasteiger partial charge >= 0.3 is 0 Å². The van der Waals surface area contributed by atoms with Crippen molar-refractivity contribution >= 4 is 22.6 Å². The van der Waals surface area contributed by atoms with E-state index in [9.17, 15) is 9.59 Å². The molecule has 6 nitrogen and oxygen atoms in total. The lowest BCUT2D eigenvalue weighted by molar-refractivity contribution is 0.0971. The Labute approximate surface area is 197 Å². The monoisotopic (exact) mass is 455 g/mol. The van der Waals surface area contributed by atoms with Gasteiger partial charge < -0.3 is 13.9 Å². The predicted octanol–water partition coefficient (Wildman–Crippen LogP) is 5.65. The summed E-state index contributed by atoms with van der Waals surface area (Å²) in [7, 11) is 1.58. The van der Waals surface area contributed by atoms with E-state index in [2.05, 4.69) is 0 Å². The van der Waals surface area contributed by atoms with Gasteiger partial charge in [-0.05, 0) is 55.3 Å². The Balaban J connectivity index is 1.76. The summed E-state index contributed by atoms with van der Waals surface area (Å²) in [6, 6.07) is 19.5. The van der Waals surface area contributed by atoms with E-state index in [-0.39, 0.29) is 17.1 Å². The summed E-state index contributed by atoms with van der Waals surface area (Å²) in [5, 5.41) is 0.461. The molecule has 0 bridgehead atoms. The minimum atomic E-state index is -0.666. The zero-order chi connectivity index (χ0) is 23.8. The number of aryl methyl sites for hydroxylation is 1. The fourth-order valence-corrected chi connectivity index (χ4v) is 4.42. The van der Waals surface area contributed by atoms with Crippen molar-refractivity contribution in [3.05, 3.63) is 99.4 Å². The first kappa shape index (κ1) is 21.8. The molecule has 34 heavy (non-hydrogen) atoms. The van der Waals surface area contributed by atoms with Crippen LogP contribution in [0.2, 0.25) is 0 Å². The summed E-state index contributed by atoms with van der Waals surface area (Å²) < 4.78 is 17.3. The lowest BCUT2D eigenvalue weighted by Gasteiger charge is -2.26. The third-order valence-electron chi connectivity index (χ3n) is 6.00. The van der Waals surface area contributed by atoms with Gasteiger partial charge in [0.2, 0.25) is 5.76 Å². The normalized spacial score (nSPS) is 15.0. The van der Waals surface area contributed by atoms with E-state index < -0.39 is 6.04 Å². The van der Waals surface area contributed by atoms with Crippen LogP contribution in [0.5, 0.6) is 11.5 Å². The van der Waals surface area contributed by atoms with E-state index in [1.165, 1.54) is 0 Å². The summed E-state index contributed by atoms with van der Waals surface area (Å²) in [5.74, 6) is 0.994. The highest BCUT2D eigenvalue weighted by Gasteiger charge is 2.43. The van der Waals surface area contributed by atoms with Crippen LogP contribution in [-0.2, 0) is 0 Å². The molecule has 0 saturated heterocycles. The Morgan fingerprint density at radius 3 is 2.56 bits per heavy atom. The molecular formula is C28H25NO5. The minimum absolute atomic E-state index is 0.0639. The maximum Gasteiger partial charge on any atom is 0.295 e. The number of nitrogens with zero attached hydrogens (tertiary/aromatic N) is 1. The van der Waals surface area contributed by atoms with Gasteiger partial charge in [-0.3, -0.25) is 14.5 Å². The number of benzene rings is 3. The molecule has 0 saturated carbocycles. The highest BCUT2D eigenvalue weighted by molar-refractivity contribution is 6.10. The van der Waals surface area contributed by atoms with Crippen LogP contribution in [0.3, 0.4) is 0 Å². The van der Waals surface area contributed by atoms with Crippen LogP contribution in [0.1, 0.15) is 46.6 Å². The Kier molecular flexibility index (Phi) is 5.57. The molecular weight excluding hydrogens is 430 g/mol. The molecule has 1 aliphatic heterocycles. The fraction of sp³-hybridized carbons (Fsp3) is 0.214. The summed E-state index contributed by atoms with van der Waals surface area (Å²) in [6.07, 6.45) is 0.875. The van der Waals surface area contributed by atoms with Crippen LogP contribution < -0.4 is 19.8 Å². The van der Waals surface area contributed by atoms with E-state index in [1.807, 2.05) is 62.4 Å². The van der Waals surface area contributed by atoms with Crippen LogP contribution in [0.15, 0.2) is 75.9 Å². The molecule has 172 valence electrons. The summed E-state index contributed by atoms with van der Waals surface area (Å²) >= 11 is 0. The van der Waals surface area contributed by atoms with Crippen molar-refractivity contribution in [1.29, 1.82) is 0 Å². The van der Waals surface area contributed by atoms with Crippen LogP contribution in [-0.4, -0.2) is 19.6 Å². The van der Waals surface area contributed by atoms with Crippen molar-refractivity contribution in [2.75, 3.05) is 18.6 Å². The van der Waals surface area contributed by atoms with Gasteiger partial charge in [-0.2, -0.15) is 0 Å². The number of anilines is 1. The number of ether oxygens (including phenoxy) is 2. The molecule has 1 aliphatic rings. The second-order valence-corrected chi connectivity index (χ2v) is 8.37. The van der Waals surface area contributed by atoms with E-state index in [4.69, 9.17) is 13.9 Å². The zero-order valence-electron chi connectivity index (χ0n) is 19.3. The standard InChI is InChI=1S/C28H25NO5/c1-4-13-33-21-10-5-7-18(15-21)25-24-26(30)22-14-17(2)11-12-23(22)34-27(24)28(31)29(25)19-8-6-9-20(16-19)32-3/h5-12,14-16,25H,4,13H2,1-3H3. The number of carbonyl (C=O) groups excluding carboxylic acids is 1. The van der Waals surface area contributed by atoms with Crippen molar-refractivity contribution < 1.29 is 18.7 Å². The average molecular weight is 456 g/mol. The molecule has 0 fully saturated rings. The molecule has 5 rings (SSSR count). The first-order valence-corrected chi connectivity index (χ1v) is 11.3. The van der Waals surface area contributed by atoms with Gasteiger partial charge in [0, 0.05) is 11.8 Å². The van der Waals surface area contributed by atoms with Gasteiger partial charge in [0.25, 0.3) is 5.91 Å². The van der Waals surface area contributed by atoms with Crippen molar-refractivity contribution in [3.8, 4) is 11.5 Å². The number of methoxy groups -OCH3 is 1. The lowest BCUT2D eigenvalue weighted by atomic mass is 9.97. The number of hydrogen-bond acceptors (Lipinski definition) is 5. The third-order valence-corrected chi connectivity index (χ3v) is 6.00. The molecule has 1 unspecified atom stereocenters. The second kappa shape index (κ2) is 8.71. The largest absolute Gasteiger partial charge is 0.497 e. The van der Waals surface area contributed by atoms with Crippen molar-refractivity contribution in [2.24, 2.45) is 0 Å². The number of amides is 1. The molecule has 1 atom stereocenters. The van der Waals surface area contributed by atoms with Crippen LogP contribution in [0, 0.1) is 6.92 Å². The molecule has 4 aromatic rings. The maximum absolute atomic E-state index is 13.8. The highest BCUT2D eigenvalue weighted by Crippen LogP contribution is 2.42. The minimum Gasteiger partial charge on any atom is -0.497 e. The molecule has 1 amide bonds. The Bertz CT molecular complexity index is 1460. The molecule has 1 aromatic heterocycles. The van der Waals surface area contributed by atoms with Gasteiger partial charge in [0.15, 0.2) is 5.43 Å². The van der Waals surface area contributed by atoms with E-state index in [0.717, 1.165) is 17.5 Å². The first-order valence-electron chi connectivity index (χ1n) is 11.3. The summed E-state index contributed by atoms with van der Waals surface area (Å²) in [6.45, 7) is 4.54. The van der Waals surface area contributed by atoms with E-state index in [0.29, 0.717) is 40.3 Å². The topological polar surface area (TPSA) is 69.0 Å². The predicted molar refractivity (Wildman–Crippen MR) is 131 cm³/mol. The van der Waals surface area contributed by atoms with Gasteiger partial charge in [-0.25, -0.2) is 0 Å². The molecule has 0 spiro atoms. The summed E-state index contributed by atoms with van der Waals surface area (Å²) in [5.41, 5.74) is 2.85. The number of fused-ring (bicyclic) bond motifs is 2. The molecule has 0 aliphatic carbocycles. The Morgan fingerprint density at radius 2 is 1.76 bits per heavy atom. The summed E-state index contributed by atoms with van der Waals surface area (Å²) in [4.78, 5) is 29.1. The van der Waals surface area contributed by atoms with Crippen LogP contribution >= 0.6 is 0 Å². The van der Waals surface area contributed by atoms with Gasteiger partial charge in [-0.1, -0.05) is 36.8 Å². The first-order chi connectivity index (χ1) is 16.5. The third kappa shape index (κ3) is 3.61. The molecule has 2 heterocycles. The van der Waals surface area contributed by atoms with Crippen LogP contribution in [0.4, 0.5) is 5.69 Å². The molecule has 3 aromatic carbocycles. The maximum atomic E-state index is 13.8. The molecule has 0 N–H and O–H groups in total. The van der Waals surface area contributed by atoms with Crippen LogP contribution in [0.25, 0.3) is 11.0 Å². The van der Waals surface area contributed by atoms with Gasteiger partial charge in [0.05, 0.1) is 30.7 Å². The molecule has 0 radical (unpaired) electrons. The van der Waals surface area contributed by atoms with Crippen molar-refractivity contribution in [1.82, 2.24) is 0 Å². The second-order valence-electron chi connectivity index (χ2n) is 8.37. The van der Waals surface area contributed by atoms with E-state index >= 15 is 0 Å². The SMILES string of the molecule is CCCOc1cccc(C2c3c(oc4ccc(C)cc4c3=O)C(=O)N2c2cccc(OC)c2)c1. The fourth-order valence-electron chi connectivity index (χ4n) is 4.42. The zero-order valence-corrected chi connectivity index (χ0v) is 19.3. The number of hydrogen-bond donors (Lipinski definition) is 0. The smallest absolute Gasteiger partial charge is 0.295 e. The number of rotatable bonds is 6. The number of carbonyl (C=O) groups is 1. The molecule has 6 heteroatoms. The van der Waals surface area contributed by atoms with E-state index in [1.54, 1.807) is 30.2 Å². The van der Waals surface area contributed by atoms with Gasteiger partial charge in [-0.15, -0.1) is 0 Å². The van der Waals surface area contributed by atoms with Crippen molar-refractivity contribution in [2.45, 2.75) is 26.3 Å². The highest BCUT2D eigenvalue weighted by atomic mass is 16.5. The average Bonchev–Trinajstić information content (AvgIpc) is 3.16. The lowest BCUT2D eigenvalue weighted by Crippen LogP contribution is -2.29.